The maximum absolute atomic E-state index is 8.76. The SMILES string of the molecule is Cc1cc2c3c(c1)-n1c4ccc(C(C)(C)C)cc4c4cc(C(C)(C)C)cc(c41)B3c1ccccc1O2.Cc1cc2c3c(c1)C(C)(C)c1ccccc1B3c1cc(C)cc3c4cc(C)ccc4n-2c13.Cc1cc2c3ccc(C(C)(C)C)cc3n3c4cc(C(C)(C)C)ccc4c(c1)c23.[2H]C([2H])([2H])c1cc2c3c(c1)c1cc(C)cc4c1n3-c1c(cc(C)cc1C2(C([2H])([2H])[2H])C([2H])([2H])[2H])C4(C([2H])([2H])[2H])C([2H])([2H])[2H].[2H]C([2H])([2H])c1ccc2c3cc(C)cc4c5ccc(C)cc5n(c2c1)c43. The molecule has 0 aliphatic carbocycles. The minimum atomic E-state index is -3.32. The van der Waals surface area contributed by atoms with Gasteiger partial charge in [-0.3, -0.25) is 0 Å². The van der Waals surface area contributed by atoms with Crippen LogP contribution in [0.3, 0.4) is 0 Å². The predicted molar refractivity (Wildman–Crippen MR) is 630 cm³/mol. The lowest BCUT2D eigenvalue weighted by Gasteiger charge is -2.42. The van der Waals surface area contributed by atoms with Gasteiger partial charge in [0.25, 0.3) is 6.71 Å². The van der Waals surface area contributed by atoms with E-state index in [0.29, 0.717) is 16.5 Å². The van der Waals surface area contributed by atoms with Crippen LogP contribution in [0.1, 0.15) is 266 Å². The van der Waals surface area contributed by atoms with Gasteiger partial charge >= 0.3 is 0 Å². The van der Waals surface area contributed by atoms with Gasteiger partial charge in [0.15, 0.2) is 0 Å². The van der Waals surface area contributed by atoms with Crippen LogP contribution in [-0.4, -0.2) is 35.9 Å². The van der Waals surface area contributed by atoms with Gasteiger partial charge in [-0.1, -0.05) is 303 Å². The van der Waals surface area contributed by atoms with E-state index < -0.39 is 51.9 Å². The zero-order chi connectivity index (χ0) is 117. The molecule has 720 valence electrons. The average molecular weight is 1920 g/mol. The molecule has 0 fully saturated rings. The zero-order valence-corrected chi connectivity index (χ0v) is 87.7. The van der Waals surface area contributed by atoms with E-state index >= 15 is 0 Å². The Hall–Kier alpha value is -14.3. The van der Waals surface area contributed by atoms with Crippen LogP contribution in [0.2, 0.25) is 0 Å². The second kappa shape index (κ2) is 30.7. The Morgan fingerprint density at radius 3 is 1.16 bits per heavy atom. The van der Waals surface area contributed by atoms with Crippen LogP contribution in [0, 0.1) is 76.0 Å². The largest absolute Gasteiger partial charge is 0.458 e. The number of nitrogens with zero attached hydrogens (tertiary/aromatic N) is 5. The van der Waals surface area contributed by atoms with Gasteiger partial charge in [-0.2, -0.15) is 0 Å². The Labute approximate surface area is 885 Å². The number of ether oxygens (including phenoxy) is 1. The summed E-state index contributed by atoms with van der Waals surface area (Å²) >= 11 is 0. The van der Waals surface area contributed by atoms with Crippen molar-refractivity contribution in [3.05, 3.63) is 384 Å². The summed E-state index contributed by atoms with van der Waals surface area (Å²) in [6.07, 6.45) is 0. The van der Waals surface area contributed by atoms with Gasteiger partial charge in [0.05, 0.1) is 60.9 Å². The highest BCUT2D eigenvalue weighted by atomic mass is 16.5. The standard InChI is InChI=1S/C33H32BNO.C30H26BN.C27H27N.C27H29N.C21H17N/c1-19-14-27-30-29(15-19)36-28-11-9-8-10-24(28)34(30)25-18-21(33(5,6)7)17-23-22-16-20(32(2,3)4)12-13-26(22)35(27)31(23)25;1-17-10-11-26-20(12-17)21-13-18(2)15-25-29(21)32(26)27-16-19(3)14-23-28(27)31(25)24-9-7-6-8-22(24)30(23,4)5;1-14-8-17-18-9-15(2)11-20-24(18)28-23(17)19(10-14)26(4,5)21-12-16(3)13-22(25(21)28)27(20,6)7;1-16-12-21-19-10-8-17(26(2,3)4)14-23(19)28-24-15-18(27(5,6)7)9-11-20(24)22(13-16)25(21)28;1-12-4-6-15-17-8-14(3)9-18-16-7-5-13(2)11-20(16)22(21(17)18)19(15)10-12/h8-18H,1-7H3;6-16H,1-5H3;8-13H,1-7H3;8-15H,1-7H3;4-11H,1-3H3/i;;1D3,4D3,5D3,6D3,7D3;;1D3. The molecule has 7 aromatic heterocycles. The molecule has 17 aromatic carbocycles. The van der Waals surface area contributed by atoms with Crippen molar-refractivity contribution in [1.29, 1.82) is 0 Å². The first-order valence-electron chi connectivity index (χ1n) is 60.7. The van der Waals surface area contributed by atoms with Gasteiger partial charge in [-0.25, -0.2) is 0 Å². The van der Waals surface area contributed by atoms with Crippen molar-refractivity contribution in [2.45, 2.75) is 238 Å². The summed E-state index contributed by atoms with van der Waals surface area (Å²) in [7, 11) is 0. The van der Waals surface area contributed by atoms with Gasteiger partial charge in [-0.15, -0.1) is 0 Å². The quantitative estimate of drug-likeness (QED) is 0.139. The van der Waals surface area contributed by atoms with E-state index in [1.54, 1.807) is 23.6 Å². The zero-order valence-electron chi connectivity index (χ0n) is 106. The molecule has 0 N–H and O–H groups in total. The van der Waals surface area contributed by atoms with Crippen LogP contribution in [-0.2, 0) is 37.9 Å². The van der Waals surface area contributed by atoms with Gasteiger partial charge in [0, 0.05) is 139 Å². The van der Waals surface area contributed by atoms with Crippen molar-refractivity contribution >= 4 is 188 Å². The Bertz CT molecular complexity index is 10600. The summed E-state index contributed by atoms with van der Waals surface area (Å²) in [6, 6.07) is 94.5. The molecule has 30 rings (SSSR count). The summed E-state index contributed by atoms with van der Waals surface area (Å²) in [5.41, 5.74) is 36.1. The summed E-state index contributed by atoms with van der Waals surface area (Å²) in [4.78, 5) is 0. The minimum Gasteiger partial charge on any atom is -0.458 e. The fraction of sp³-hybridized carbons (Fsp3) is 0.261. The summed E-state index contributed by atoms with van der Waals surface area (Å²) in [5.74, 6) is 1.96. The number of rotatable bonds is 0. The van der Waals surface area contributed by atoms with Crippen LogP contribution < -0.4 is 37.5 Å². The normalized spacial score (nSPS) is 17.0. The van der Waals surface area contributed by atoms with Crippen LogP contribution >= 0.6 is 0 Å². The van der Waals surface area contributed by atoms with Crippen LogP contribution in [0.15, 0.2) is 267 Å². The Balaban J connectivity index is 0.000000102. The van der Waals surface area contributed by atoms with Crippen LogP contribution in [0.4, 0.5) is 0 Å². The molecular weight excluding hydrogens is 1770 g/mol. The van der Waals surface area contributed by atoms with Crippen molar-refractivity contribution in [3.8, 4) is 28.6 Å². The van der Waals surface area contributed by atoms with Gasteiger partial charge in [0.2, 0.25) is 6.71 Å². The van der Waals surface area contributed by atoms with E-state index in [1.807, 2.05) is 12.1 Å². The first-order valence-corrected chi connectivity index (χ1v) is 51.7. The molecule has 0 spiro atoms. The molecule has 6 aliphatic rings. The molecule has 0 radical (unpaired) electrons. The molecular formula is C138H131B2N5O. The average Bonchev–Trinajstić information content (AvgIpc) is 1.43. The lowest BCUT2D eigenvalue weighted by molar-refractivity contribution is 0.487. The monoisotopic (exact) mass is 1910 g/mol. The fourth-order valence-electron chi connectivity index (χ4n) is 26.4. The third-order valence-corrected chi connectivity index (χ3v) is 33.3. The first-order chi connectivity index (χ1) is 76.6. The molecule has 0 unspecified atom stereocenters. The van der Waals surface area contributed by atoms with E-state index in [-0.39, 0.29) is 96.0 Å². The molecule has 146 heavy (non-hydrogen) atoms. The van der Waals surface area contributed by atoms with Gasteiger partial charge in [0.1, 0.15) is 11.5 Å². The first kappa shape index (κ1) is 73.7. The molecule has 24 aromatic rings. The van der Waals surface area contributed by atoms with Crippen molar-refractivity contribution in [1.82, 2.24) is 22.5 Å². The second-order valence-electron chi connectivity index (χ2n) is 48.3. The molecule has 0 atom stereocenters. The maximum Gasteiger partial charge on any atom is 0.256 e. The maximum atomic E-state index is 8.76. The number of hydrogen-bond donors (Lipinski definition) is 0. The molecule has 8 heteroatoms. The van der Waals surface area contributed by atoms with Crippen molar-refractivity contribution in [2.75, 3.05) is 0 Å². The highest BCUT2D eigenvalue weighted by molar-refractivity contribution is 7.00. The summed E-state index contributed by atoms with van der Waals surface area (Å²) in [6.45, 7) is 33.4. The second-order valence-corrected chi connectivity index (χ2v) is 48.3. The molecule has 0 amide bonds. The lowest BCUT2D eigenvalue weighted by atomic mass is 9.30. The number of fused-ring (bicyclic) bond motifs is 27. The molecule has 6 nitrogen and oxygen atoms in total. The number of para-hydroxylation sites is 1. The third kappa shape index (κ3) is 13.0. The number of hydrogen-bond acceptors (Lipinski definition) is 1. The minimum absolute atomic E-state index is 0.0246. The number of aryl methyl sites for hydroxylation is 11. The topological polar surface area (TPSA) is 32.8 Å². The van der Waals surface area contributed by atoms with E-state index in [2.05, 4.69) is 376 Å². The van der Waals surface area contributed by atoms with Gasteiger partial charge in [-0.05, 0) is 335 Å². The van der Waals surface area contributed by atoms with E-state index in [0.717, 1.165) is 34.0 Å². The van der Waals surface area contributed by atoms with Gasteiger partial charge < -0.3 is 27.2 Å². The highest BCUT2D eigenvalue weighted by Gasteiger charge is 2.49. The molecule has 13 heterocycles. The fourth-order valence-corrected chi connectivity index (χ4v) is 26.4. The number of benzene rings is 17. The van der Waals surface area contributed by atoms with Crippen LogP contribution in [0.25, 0.3) is 159 Å². The predicted octanol–water partition coefficient (Wildman–Crippen LogP) is 32.3. The number of aromatic nitrogens is 5. The molecule has 0 saturated carbocycles. The van der Waals surface area contributed by atoms with E-state index in [9.17, 15) is 0 Å². The lowest BCUT2D eigenvalue weighted by Crippen LogP contribution is -2.63. The summed E-state index contributed by atoms with van der Waals surface area (Å²) in [5, 5.41) is 16.2. The Morgan fingerprint density at radius 2 is 0.610 bits per heavy atom. The summed E-state index contributed by atoms with van der Waals surface area (Å²) < 4.78 is 171. The third-order valence-electron chi connectivity index (χ3n) is 33.3. The Kier molecular flexibility index (Phi) is 15.5. The molecule has 0 bridgehead atoms. The van der Waals surface area contributed by atoms with Crippen molar-refractivity contribution in [2.24, 2.45) is 0 Å². The highest BCUT2D eigenvalue weighted by Crippen LogP contribution is 2.58. The van der Waals surface area contributed by atoms with Crippen molar-refractivity contribution < 1.29 is 29.4 Å². The molecule has 0 saturated heterocycles. The van der Waals surface area contributed by atoms with Crippen LogP contribution in [0.5, 0.6) is 11.5 Å². The smallest absolute Gasteiger partial charge is 0.256 e. The Morgan fingerprint density at radius 1 is 0.240 bits per heavy atom. The molecule has 6 aliphatic heterocycles. The van der Waals surface area contributed by atoms with E-state index in [1.165, 1.54) is 251 Å². The van der Waals surface area contributed by atoms with E-state index in [4.69, 9.17) is 29.4 Å². The van der Waals surface area contributed by atoms with Crippen molar-refractivity contribution in [3.63, 3.8) is 0 Å².